The molecule has 0 aromatic heterocycles. The van der Waals surface area contributed by atoms with Crippen molar-refractivity contribution in [3.05, 3.63) is 83.3 Å². The largest absolute Gasteiger partial charge is 0.407 e. The number of rotatable bonds is 13. The lowest BCUT2D eigenvalue weighted by Crippen LogP contribution is -2.66. The minimum absolute atomic E-state index is 0.0329. The molecule has 4 nitrogen and oxygen atoms in total. The molecule has 2 aromatic carbocycles. The smallest absolute Gasteiger partial charge is 0.261 e. The molecule has 0 atom stereocenters. The summed E-state index contributed by atoms with van der Waals surface area (Å²) in [6.07, 6.45) is 10.9. The third-order valence-corrected chi connectivity index (χ3v) is 10.7. The Morgan fingerprint density at radius 1 is 0.839 bits per heavy atom. The summed E-state index contributed by atoms with van der Waals surface area (Å²) in [5.41, 5.74) is 8.27. The highest BCUT2D eigenvalue weighted by Gasteiger charge is 2.49. The first-order chi connectivity index (χ1) is 15.0. The van der Waals surface area contributed by atoms with Crippen LogP contribution in [0.15, 0.2) is 77.9 Å². The van der Waals surface area contributed by atoms with Crippen LogP contribution in [0.5, 0.6) is 0 Å². The summed E-state index contributed by atoms with van der Waals surface area (Å²) in [7, 11) is -2.40. The molecule has 0 saturated heterocycles. The maximum Gasteiger partial charge on any atom is 0.261 e. The maximum atomic E-state index is 8.27. The summed E-state index contributed by atoms with van der Waals surface area (Å²) in [5.74, 6) is 0. The van der Waals surface area contributed by atoms with Crippen molar-refractivity contribution in [2.45, 2.75) is 64.3 Å². The second-order valence-corrected chi connectivity index (χ2v) is 13.2. The molecular formula is C26H37N3OSi. The number of nitrogens with zero attached hydrogens (tertiary/aromatic N) is 3. The zero-order valence-electron chi connectivity index (χ0n) is 19.3. The molecule has 0 heterocycles. The summed E-state index contributed by atoms with van der Waals surface area (Å²) >= 11 is 0. The van der Waals surface area contributed by atoms with Crippen LogP contribution in [0.4, 0.5) is 0 Å². The fourth-order valence-corrected chi connectivity index (χ4v) is 8.68. The standard InChI is InChI=1S/C26H37N3OSi/c1-26(2,3)31(24-18-12-10-13-19-24,25-20-14-11-15-21-25)30-23-17-9-7-5-4-6-8-16-22-28-29-27/h4-5,10-15,18-21H,6-9,16-17,22-23H2,1-3H3/b5-4-. The van der Waals surface area contributed by atoms with E-state index in [2.05, 4.69) is 104 Å². The van der Waals surface area contributed by atoms with Crippen molar-refractivity contribution < 1.29 is 4.43 Å². The van der Waals surface area contributed by atoms with E-state index in [1.807, 2.05) is 0 Å². The average molecular weight is 436 g/mol. The van der Waals surface area contributed by atoms with Crippen LogP contribution in [0.2, 0.25) is 5.04 Å². The van der Waals surface area contributed by atoms with Crippen LogP contribution < -0.4 is 10.4 Å². The molecule has 0 saturated carbocycles. The molecule has 2 rings (SSSR count). The van der Waals surface area contributed by atoms with E-state index in [9.17, 15) is 0 Å². The summed E-state index contributed by atoms with van der Waals surface area (Å²) in [4.78, 5) is 2.78. The lowest BCUT2D eigenvalue weighted by atomic mass is 10.2. The van der Waals surface area contributed by atoms with E-state index >= 15 is 0 Å². The fraction of sp³-hybridized carbons (Fsp3) is 0.462. The van der Waals surface area contributed by atoms with E-state index in [0.29, 0.717) is 6.54 Å². The van der Waals surface area contributed by atoms with Gasteiger partial charge in [-0.1, -0.05) is 98.7 Å². The van der Waals surface area contributed by atoms with Gasteiger partial charge in [-0.3, -0.25) is 0 Å². The summed E-state index contributed by atoms with van der Waals surface area (Å²) in [6, 6.07) is 21.7. The number of benzene rings is 2. The summed E-state index contributed by atoms with van der Waals surface area (Å²) in [5, 5.41) is 6.28. The van der Waals surface area contributed by atoms with Gasteiger partial charge in [0.15, 0.2) is 0 Å². The van der Waals surface area contributed by atoms with Gasteiger partial charge in [0, 0.05) is 18.1 Å². The average Bonchev–Trinajstić information content (AvgIpc) is 2.77. The van der Waals surface area contributed by atoms with Crippen molar-refractivity contribution in [3.8, 4) is 0 Å². The molecule has 166 valence electrons. The van der Waals surface area contributed by atoms with Gasteiger partial charge in [-0.15, -0.1) is 0 Å². The van der Waals surface area contributed by atoms with Crippen LogP contribution in [0.25, 0.3) is 10.4 Å². The molecule has 31 heavy (non-hydrogen) atoms. The highest BCUT2D eigenvalue weighted by Crippen LogP contribution is 2.36. The number of unbranched alkanes of at least 4 members (excludes halogenated alkanes) is 4. The van der Waals surface area contributed by atoms with Crippen molar-refractivity contribution in [1.29, 1.82) is 0 Å². The Morgan fingerprint density at radius 2 is 1.35 bits per heavy atom. The third kappa shape index (κ3) is 7.39. The van der Waals surface area contributed by atoms with Gasteiger partial charge in [0.05, 0.1) is 0 Å². The summed E-state index contributed by atoms with van der Waals surface area (Å²) < 4.78 is 6.92. The molecule has 2 aromatic rings. The number of hydrogen-bond acceptors (Lipinski definition) is 2. The van der Waals surface area contributed by atoms with Crippen molar-refractivity contribution >= 4 is 18.7 Å². The number of hydrogen-bond donors (Lipinski definition) is 0. The summed E-state index contributed by atoms with van der Waals surface area (Å²) in [6.45, 7) is 8.36. The molecule has 0 N–H and O–H groups in total. The van der Waals surface area contributed by atoms with Crippen LogP contribution in [0, 0.1) is 0 Å². The maximum absolute atomic E-state index is 8.27. The Hall–Kier alpha value is -2.33. The van der Waals surface area contributed by atoms with Gasteiger partial charge in [-0.25, -0.2) is 0 Å². The van der Waals surface area contributed by atoms with Gasteiger partial charge < -0.3 is 4.43 Å². The SMILES string of the molecule is CC(C)(C)[Si](OCCCC/C=C\CCCCN=[N+]=[N-])(c1ccccc1)c1ccccc1. The van der Waals surface area contributed by atoms with E-state index in [4.69, 9.17) is 9.96 Å². The lowest BCUT2D eigenvalue weighted by Gasteiger charge is -2.43. The van der Waals surface area contributed by atoms with Crippen LogP contribution in [-0.4, -0.2) is 21.5 Å². The highest BCUT2D eigenvalue weighted by molar-refractivity contribution is 6.99. The minimum atomic E-state index is -2.40. The van der Waals surface area contributed by atoms with E-state index < -0.39 is 8.32 Å². The Bertz CT molecular complexity index is 785. The quantitative estimate of drug-likeness (QED) is 0.0855. The van der Waals surface area contributed by atoms with Gasteiger partial charge in [0.2, 0.25) is 0 Å². The van der Waals surface area contributed by atoms with Crippen molar-refractivity contribution in [3.63, 3.8) is 0 Å². The Kier molecular flexibility index (Phi) is 10.6. The highest BCUT2D eigenvalue weighted by atomic mass is 28.4. The molecule has 0 aliphatic heterocycles. The molecule has 0 unspecified atom stereocenters. The van der Waals surface area contributed by atoms with Crippen molar-refractivity contribution in [1.82, 2.24) is 0 Å². The van der Waals surface area contributed by atoms with E-state index in [-0.39, 0.29) is 5.04 Å². The van der Waals surface area contributed by atoms with Gasteiger partial charge in [0.25, 0.3) is 8.32 Å². The van der Waals surface area contributed by atoms with Crippen molar-refractivity contribution in [2.24, 2.45) is 5.11 Å². The molecule has 0 amide bonds. The van der Waals surface area contributed by atoms with Gasteiger partial charge in [-0.2, -0.15) is 0 Å². The van der Waals surface area contributed by atoms with Gasteiger partial charge in [-0.05, 0) is 59.5 Å². The second-order valence-electron chi connectivity index (χ2n) is 8.93. The molecule has 0 spiro atoms. The lowest BCUT2D eigenvalue weighted by molar-refractivity contribution is 0.289. The molecule has 0 bridgehead atoms. The van der Waals surface area contributed by atoms with E-state index in [0.717, 1.165) is 45.1 Å². The molecular weight excluding hydrogens is 398 g/mol. The Balaban J connectivity index is 1.95. The topological polar surface area (TPSA) is 58.0 Å². The predicted octanol–water partition coefficient (Wildman–Crippen LogP) is 6.77. The number of azide groups is 1. The van der Waals surface area contributed by atoms with E-state index in [1.165, 1.54) is 10.4 Å². The third-order valence-electron chi connectivity index (χ3n) is 5.61. The van der Waals surface area contributed by atoms with Crippen LogP contribution in [0.3, 0.4) is 0 Å². The first kappa shape index (κ1) is 24.9. The van der Waals surface area contributed by atoms with Gasteiger partial charge >= 0.3 is 0 Å². The van der Waals surface area contributed by atoms with Crippen molar-refractivity contribution in [2.75, 3.05) is 13.2 Å². The molecule has 0 radical (unpaired) electrons. The fourth-order valence-electron chi connectivity index (χ4n) is 4.08. The molecule has 0 aliphatic rings. The normalized spacial score (nSPS) is 12.1. The molecule has 0 aliphatic carbocycles. The van der Waals surface area contributed by atoms with Gasteiger partial charge in [0.1, 0.15) is 0 Å². The van der Waals surface area contributed by atoms with E-state index in [1.54, 1.807) is 0 Å². The molecule has 0 fully saturated rings. The van der Waals surface area contributed by atoms with Crippen LogP contribution >= 0.6 is 0 Å². The second kappa shape index (κ2) is 13.2. The minimum Gasteiger partial charge on any atom is -0.407 e. The molecule has 5 heteroatoms. The zero-order valence-corrected chi connectivity index (χ0v) is 20.3. The Labute approximate surface area is 189 Å². The van der Waals surface area contributed by atoms with Crippen LogP contribution in [0.1, 0.15) is 59.3 Å². The number of allylic oxidation sites excluding steroid dienone is 2. The monoisotopic (exact) mass is 435 g/mol. The first-order valence-corrected chi connectivity index (χ1v) is 13.3. The first-order valence-electron chi connectivity index (χ1n) is 11.4. The zero-order chi connectivity index (χ0) is 22.4. The van der Waals surface area contributed by atoms with Crippen LogP contribution in [-0.2, 0) is 4.43 Å². The Morgan fingerprint density at radius 3 is 1.84 bits per heavy atom. The predicted molar refractivity (Wildman–Crippen MR) is 134 cm³/mol.